The molecule has 3 nitrogen and oxygen atoms in total. The molecule has 0 atom stereocenters. The zero-order chi connectivity index (χ0) is 14.9. The van der Waals surface area contributed by atoms with Crippen molar-refractivity contribution in [3.8, 4) is 5.75 Å². The van der Waals surface area contributed by atoms with E-state index in [4.69, 9.17) is 11.6 Å². The van der Waals surface area contributed by atoms with Gasteiger partial charge in [0.05, 0.1) is 5.56 Å². The van der Waals surface area contributed by atoms with E-state index in [1.165, 1.54) is 0 Å². The van der Waals surface area contributed by atoms with Gasteiger partial charge in [-0.25, -0.2) is 18.6 Å². The van der Waals surface area contributed by atoms with Crippen molar-refractivity contribution in [3.05, 3.63) is 58.4 Å². The van der Waals surface area contributed by atoms with Crippen LogP contribution in [-0.2, 0) is 0 Å². The van der Waals surface area contributed by atoms with Crippen LogP contribution in [0.4, 0.5) is 17.6 Å². The first kappa shape index (κ1) is 14.3. The van der Waals surface area contributed by atoms with Crippen molar-refractivity contribution < 1.29 is 27.1 Å². The summed E-state index contributed by atoms with van der Waals surface area (Å²) >= 11 is 5.52. The third kappa shape index (κ3) is 2.72. The first-order valence-electron chi connectivity index (χ1n) is 5.07. The molecule has 2 aromatic rings. The van der Waals surface area contributed by atoms with Crippen LogP contribution in [0.25, 0.3) is 0 Å². The number of carbonyl (C=O) groups excluding carboxylic acids is 1. The smallest absolute Gasteiger partial charge is 0.343 e. The van der Waals surface area contributed by atoms with E-state index in [2.05, 4.69) is 9.72 Å². The Bertz CT molecular complexity index is 667. The van der Waals surface area contributed by atoms with E-state index < -0.39 is 35.0 Å². The number of aromatic nitrogens is 1. The lowest BCUT2D eigenvalue weighted by molar-refractivity contribution is 0.0717. The Morgan fingerprint density at radius 1 is 1.10 bits per heavy atom. The first-order valence-corrected chi connectivity index (χ1v) is 5.44. The minimum absolute atomic E-state index is 0.00527. The lowest BCUT2D eigenvalue weighted by Crippen LogP contribution is -2.12. The van der Waals surface area contributed by atoms with Crippen LogP contribution in [0.3, 0.4) is 0 Å². The second-order valence-electron chi connectivity index (χ2n) is 3.55. The molecular weight excluding hydrogens is 302 g/mol. The van der Waals surface area contributed by atoms with Crippen molar-refractivity contribution in [3.63, 3.8) is 0 Å². The van der Waals surface area contributed by atoms with E-state index in [-0.39, 0.29) is 16.8 Å². The number of ether oxygens (including phenoxy) is 1. The third-order valence-corrected chi connectivity index (χ3v) is 2.44. The highest BCUT2D eigenvalue weighted by molar-refractivity contribution is 6.29. The van der Waals surface area contributed by atoms with Crippen LogP contribution in [0.15, 0.2) is 24.4 Å². The van der Waals surface area contributed by atoms with Gasteiger partial charge in [0.2, 0.25) is 17.4 Å². The highest BCUT2D eigenvalue weighted by atomic mass is 35.5. The summed E-state index contributed by atoms with van der Waals surface area (Å²) in [6.07, 6.45) is 1.15. The summed E-state index contributed by atoms with van der Waals surface area (Å²) in [7, 11) is 0. The molecule has 0 aliphatic heterocycles. The molecule has 0 fully saturated rings. The maximum absolute atomic E-state index is 13.3. The van der Waals surface area contributed by atoms with Gasteiger partial charge in [-0.05, 0) is 12.1 Å². The monoisotopic (exact) mass is 305 g/mol. The molecule has 1 aromatic heterocycles. The molecule has 1 heterocycles. The lowest BCUT2D eigenvalue weighted by atomic mass is 10.2. The number of carbonyl (C=O) groups is 1. The largest absolute Gasteiger partial charge is 0.416 e. The van der Waals surface area contributed by atoms with Gasteiger partial charge >= 0.3 is 5.97 Å². The Kier molecular flexibility index (Phi) is 3.89. The fraction of sp³-hybridized carbons (Fsp3) is 0. The SMILES string of the molecule is O=C(Oc1c(F)c(F)cc(F)c1F)c1ccnc(Cl)c1. The van der Waals surface area contributed by atoms with Crippen LogP contribution in [0.1, 0.15) is 10.4 Å². The van der Waals surface area contributed by atoms with E-state index in [1.807, 2.05) is 0 Å². The Morgan fingerprint density at radius 2 is 1.70 bits per heavy atom. The number of rotatable bonds is 2. The maximum atomic E-state index is 13.3. The molecule has 0 bridgehead atoms. The summed E-state index contributed by atoms with van der Waals surface area (Å²) in [5, 5.41) is -0.0641. The molecule has 20 heavy (non-hydrogen) atoms. The summed E-state index contributed by atoms with van der Waals surface area (Å²) in [4.78, 5) is 15.2. The van der Waals surface area contributed by atoms with E-state index in [1.54, 1.807) is 0 Å². The second-order valence-corrected chi connectivity index (χ2v) is 3.94. The summed E-state index contributed by atoms with van der Waals surface area (Å²) < 4.78 is 56.8. The zero-order valence-electron chi connectivity index (χ0n) is 9.46. The second kappa shape index (κ2) is 5.46. The summed E-state index contributed by atoms with van der Waals surface area (Å²) in [5.74, 6) is -9.67. The molecule has 104 valence electrons. The van der Waals surface area contributed by atoms with Crippen molar-refractivity contribution in [1.29, 1.82) is 0 Å². The topological polar surface area (TPSA) is 39.2 Å². The van der Waals surface area contributed by atoms with Crippen molar-refractivity contribution in [2.75, 3.05) is 0 Å². The number of nitrogens with zero attached hydrogens (tertiary/aromatic N) is 1. The molecule has 0 spiro atoms. The minimum atomic E-state index is -1.81. The molecule has 0 N–H and O–H groups in total. The normalized spacial score (nSPS) is 10.4. The number of esters is 1. The number of hydrogen-bond donors (Lipinski definition) is 0. The third-order valence-electron chi connectivity index (χ3n) is 2.23. The van der Waals surface area contributed by atoms with E-state index in [9.17, 15) is 22.4 Å². The molecule has 2 rings (SSSR count). The summed E-state index contributed by atoms with van der Waals surface area (Å²) in [6, 6.07) is 2.22. The summed E-state index contributed by atoms with van der Waals surface area (Å²) in [6.45, 7) is 0. The first-order chi connectivity index (χ1) is 9.40. The average molecular weight is 306 g/mol. The van der Waals surface area contributed by atoms with Gasteiger partial charge in [-0.15, -0.1) is 0 Å². The molecular formula is C12H4ClF4NO2. The van der Waals surface area contributed by atoms with E-state index in [0.29, 0.717) is 0 Å². The molecule has 0 radical (unpaired) electrons. The number of halogens is 5. The summed E-state index contributed by atoms with van der Waals surface area (Å²) in [5.41, 5.74) is -0.187. The fourth-order valence-corrected chi connectivity index (χ4v) is 1.50. The van der Waals surface area contributed by atoms with E-state index >= 15 is 0 Å². The molecule has 0 aliphatic rings. The predicted octanol–water partition coefficient (Wildman–Crippen LogP) is 3.51. The van der Waals surface area contributed by atoms with Gasteiger partial charge in [-0.2, -0.15) is 8.78 Å². The standard InChI is InChI=1S/C12H4ClF4NO2/c13-8-3-5(1-2-18-8)12(19)20-11-9(16)6(14)4-7(15)10(11)17/h1-4H. The van der Waals surface area contributed by atoms with Crippen molar-refractivity contribution in [2.24, 2.45) is 0 Å². The number of pyridine rings is 1. The van der Waals surface area contributed by atoms with Gasteiger partial charge in [0.15, 0.2) is 11.6 Å². The highest BCUT2D eigenvalue weighted by Crippen LogP contribution is 2.27. The van der Waals surface area contributed by atoms with Crippen molar-refractivity contribution >= 4 is 17.6 Å². The van der Waals surface area contributed by atoms with Gasteiger partial charge in [-0.3, -0.25) is 0 Å². The Labute approximate surface area is 114 Å². The number of hydrogen-bond acceptors (Lipinski definition) is 3. The van der Waals surface area contributed by atoms with Gasteiger partial charge in [0.1, 0.15) is 5.15 Å². The fourth-order valence-electron chi connectivity index (χ4n) is 1.32. The maximum Gasteiger partial charge on any atom is 0.343 e. The molecule has 0 aliphatic carbocycles. The van der Waals surface area contributed by atoms with Crippen LogP contribution in [0.2, 0.25) is 5.15 Å². The number of benzene rings is 1. The van der Waals surface area contributed by atoms with Gasteiger partial charge in [0, 0.05) is 12.3 Å². The van der Waals surface area contributed by atoms with Crippen LogP contribution >= 0.6 is 11.6 Å². The van der Waals surface area contributed by atoms with Crippen LogP contribution < -0.4 is 4.74 Å². The van der Waals surface area contributed by atoms with Crippen molar-refractivity contribution in [1.82, 2.24) is 4.98 Å². The molecule has 8 heteroatoms. The molecule has 0 amide bonds. The Balaban J connectivity index is 2.38. The average Bonchev–Trinajstić information content (AvgIpc) is 2.41. The molecule has 0 saturated heterocycles. The van der Waals surface area contributed by atoms with Crippen LogP contribution in [0.5, 0.6) is 5.75 Å². The Hall–Kier alpha value is -2.15. The van der Waals surface area contributed by atoms with Crippen molar-refractivity contribution in [2.45, 2.75) is 0 Å². The Morgan fingerprint density at radius 3 is 2.25 bits per heavy atom. The van der Waals surface area contributed by atoms with Gasteiger partial charge in [-0.1, -0.05) is 11.6 Å². The lowest BCUT2D eigenvalue weighted by Gasteiger charge is -2.07. The molecule has 0 saturated carbocycles. The van der Waals surface area contributed by atoms with E-state index in [0.717, 1.165) is 18.3 Å². The quantitative estimate of drug-likeness (QED) is 0.280. The minimum Gasteiger partial charge on any atom is -0.416 e. The van der Waals surface area contributed by atoms with Crippen LogP contribution in [-0.4, -0.2) is 11.0 Å². The van der Waals surface area contributed by atoms with Gasteiger partial charge in [0.25, 0.3) is 0 Å². The van der Waals surface area contributed by atoms with Gasteiger partial charge < -0.3 is 4.74 Å². The highest BCUT2D eigenvalue weighted by Gasteiger charge is 2.23. The molecule has 0 unspecified atom stereocenters. The van der Waals surface area contributed by atoms with Crippen LogP contribution in [0, 0.1) is 23.3 Å². The molecule has 1 aromatic carbocycles. The predicted molar refractivity (Wildman–Crippen MR) is 60.5 cm³/mol. The zero-order valence-corrected chi connectivity index (χ0v) is 10.2.